The van der Waals surface area contributed by atoms with E-state index < -0.39 is 5.82 Å². The number of aliphatic hydroxyl groups is 1. The van der Waals surface area contributed by atoms with Gasteiger partial charge in [0, 0.05) is 22.2 Å². The molecule has 0 bridgehead atoms. The molecule has 2 aromatic carbocycles. The minimum absolute atomic E-state index is 0.0453. The van der Waals surface area contributed by atoms with E-state index in [4.69, 9.17) is 23.8 Å². The fourth-order valence-electron chi connectivity index (χ4n) is 2.57. The summed E-state index contributed by atoms with van der Waals surface area (Å²) >= 11 is 11.4. The first-order valence-corrected chi connectivity index (χ1v) is 8.97. The van der Waals surface area contributed by atoms with Gasteiger partial charge in [-0.25, -0.2) is 4.39 Å². The molecule has 0 fully saturated rings. The molecule has 0 unspecified atom stereocenters. The van der Waals surface area contributed by atoms with E-state index in [1.54, 1.807) is 53.2 Å². The molecule has 0 saturated heterocycles. The third-order valence-corrected chi connectivity index (χ3v) is 4.43. The standard InChI is InChI=1S/C21H16ClFN2OS/c1-14-5-4-12-25(13-14)19(20(26)15-8-10-16(22)11-9-15)21(27)24-18-7-3-2-6-17(18)23/h2-13H,1H3,(H-,24,26,27)/p+1. The predicted molar refractivity (Wildman–Crippen MR) is 111 cm³/mol. The van der Waals surface area contributed by atoms with Gasteiger partial charge in [0.2, 0.25) is 0 Å². The summed E-state index contributed by atoms with van der Waals surface area (Å²) in [5.41, 5.74) is 2.09. The number of aromatic nitrogens is 1. The highest BCUT2D eigenvalue weighted by Gasteiger charge is 2.24. The van der Waals surface area contributed by atoms with E-state index in [1.807, 2.05) is 25.3 Å². The summed E-state index contributed by atoms with van der Waals surface area (Å²) in [6.07, 6.45) is 3.60. The molecule has 1 heterocycles. The van der Waals surface area contributed by atoms with Crippen LogP contribution in [0.2, 0.25) is 5.02 Å². The zero-order valence-electron chi connectivity index (χ0n) is 14.5. The van der Waals surface area contributed by atoms with E-state index in [9.17, 15) is 9.50 Å². The van der Waals surface area contributed by atoms with Crippen molar-refractivity contribution in [3.63, 3.8) is 0 Å². The van der Waals surface area contributed by atoms with Crippen molar-refractivity contribution in [2.45, 2.75) is 6.92 Å². The lowest BCUT2D eigenvalue weighted by Gasteiger charge is -2.11. The third kappa shape index (κ3) is 4.51. The number of pyridine rings is 1. The Bertz CT molecular complexity index is 1020. The number of benzene rings is 2. The van der Waals surface area contributed by atoms with Crippen LogP contribution in [0.3, 0.4) is 0 Å². The Morgan fingerprint density at radius 2 is 1.78 bits per heavy atom. The molecule has 0 aliphatic heterocycles. The predicted octanol–water partition coefficient (Wildman–Crippen LogP) is 5.40. The van der Waals surface area contributed by atoms with Crippen molar-refractivity contribution in [3.8, 4) is 0 Å². The molecular weight excluding hydrogens is 383 g/mol. The van der Waals surface area contributed by atoms with E-state index in [1.165, 1.54) is 6.07 Å². The number of aryl methyl sites for hydroxylation is 1. The van der Waals surface area contributed by atoms with E-state index in [0.717, 1.165) is 5.56 Å². The molecule has 0 amide bonds. The zero-order valence-corrected chi connectivity index (χ0v) is 16.1. The van der Waals surface area contributed by atoms with Gasteiger partial charge < -0.3 is 10.4 Å². The monoisotopic (exact) mass is 399 g/mol. The molecule has 2 N–H and O–H groups in total. The first kappa shape index (κ1) is 19.0. The highest BCUT2D eigenvalue weighted by atomic mass is 35.5. The van der Waals surface area contributed by atoms with Crippen LogP contribution >= 0.6 is 23.8 Å². The van der Waals surface area contributed by atoms with Gasteiger partial charge in [0.25, 0.3) is 5.70 Å². The van der Waals surface area contributed by atoms with Crippen LogP contribution in [0.15, 0.2) is 73.1 Å². The summed E-state index contributed by atoms with van der Waals surface area (Å²) in [6, 6.07) is 16.7. The van der Waals surface area contributed by atoms with Crippen molar-refractivity contribution in [3.05, 3.63) is 95.0 Å². The molecule has 1 aromatic heterocycles. The van der Waals surface area contributed by atoms with Gasteiger partial charge in [-0.15, -0.1) is 0 Å². The van der Waals surface area contributed by atoms with Crippen LogP contribution in [0.25, 0.3) is 11.5 Å². The first-order valence-electron chi connectivity index (χ1n) is 8.19. The van der Waals surface area contributed by atoms with Gasteiger partial charge in [0.15, 0.2) is 23.1 Å². The minimum Gasteiger partial charge on any atom is -0.502 e. The number of nitrogens with one attached hydrogen (secondary N) is 1. The van der Waals surface area contributed by atoms with Gasteiger partial charge in [-0.2, -0.15) is 4.57 Å². The SMILES string of the molecule is Cc1ccc[n+](/C(C(=S)Nc2ccccc2F)=C(\O)c2ccc(Cl)cc2)c1. The quantitative estimate of drug-likeness (QED) is 0.267. The van der Waals surface area contributed by atoms with Crippen LogP contribution < -0.4 is 9.88 Å². The third-order valence-electron chi connectivity index (χ3n) is 3.89. The van der Waals surface area contributed by atoms with Crippen LogP contribution in [0, 0.1) is 12.7 Å². The molecule has 3 aromatic rings. The lowest BCUT2D eigenvalue weighted by molar-refractivity contribution is -0.576. The average molecular weight is 400 g/mol. The second-order valence-electron chi connectivity index (χ2n) is 5.93. The lowest BCUT2D eigenvalue weighted by Crippen LogP contribution is -2.38. The van der Waals surface area contributed by atoms with E-state index in [-0.39, 0.29) is 16.4 Å². The van der Waals surface area contributed by atoms with Crippen LogP contribution in [0.1, 0.15) is 11.1 Å². The van der Waals surface area contributed by atoms with Crippen molar-refractivity contribution in [1.29, 1.82) is 0 Å². The molecular formula is C21H17ClFN2OS+. The van der Waals surface area contributed by atoms with Gasteiger partial charge in [0.05, 0.1) is 5.69 Å². The number of hydrogen-bond acceptors (Lipinski definition) is 2. The number of anilines is 1. The summed E-state index contributed by atoms with van der Waals surface area (Å²) < 4.78 is 15.7. The van der Waals surface area contributed by atoms with Crippen molar-refractivity contribution >= 4 is 46.0 Å². The van der Waals surface area contributed by atoms with Crippen molar-refractivity contribution < 1.29 is 14.1 Å². The van der Waals surface area contributed by atoms with Crippen LogP contribution in [-0.2, 0) is 0 Å². The minimum atomic E-state index is -0.431. The average Bonchev–Trinajstić information content (AvgIpc) is 2.64. The van der Waals surface area contributed by atoms with Crippen LogP contribution in [-0.4, -0.2) is 10.1 Å². The maximum atomic E-state index is 14.0. The molecule has 0 aliphatic rings. The molecule has 0 atom stereocenters. The van der Waals surface area contributed by atoms with Crippen molar-refractivity contribution in [1.82, 2.24) is 0 Å². The smallest absolute Gasteiger partial charge is 0.288 e. The molecule has 27 heavy (non-hydrogen) atoms. The summed E-state index contributed by atoms with van der Waals surface area (Å²) in [5.74, 6) is -0.476. The Kier molecular flexibility index (Phi) is 5.84. The second kappa shape index (κ2) is 8.29. The molecule has 3 nitrogen and oxygen atoms in total. The maximum Gasteiger partial charge on any atom is 0.288 e. The number of nitrogens with zero attached hydrogens (tertiary/aromatic N) is 1. The summed E-state index contributed by atoms with van der Waals surface area (Å²) in [5, 5.41) is 14.4. The zero-order chi connectivity index (χ0) is 19.4. The Labute approximate surface area is 167 Å². The largest absolute Gasteiger partial charge is 0.502 e. The normalized spacial score (nSPS) is 11.7. The Morgan fingerprint density at radius 1 is 1.07 bits per heavy atom. The molecule has 0 spiro atoms. The van der Waals surface area contributed by atoms with E-state index in [2.05, 4.69) is 5.32 Å². The number of hydrogen-bond donors (Lipinski definition) is 2. The first-order chi connectivity index (χ1) is 13.0. The van der Waals surface area contributed by atoms with Gasteiger partial charge in [-0.3, -0.25) is 0 Å². The molecule has 0 aliphatic carbocycles. The van der Waals surface area contributed by atoms with Crippen molar-refractivity contribution in [2.75, 3.05) is 5.32 Å². The molecule has 6 heteroatoms. The van der Waals surface area contributed by atoms with Crippen molar-refractivity contribution in [2.24, 2.45) is 0 Å². The number of para-hydroxylation sites is 1. The molecule has 3 rings (SSSR count). The van der Waals surface area contributed by atoms with Gasteiger partial charge in [-0.1, -0.05) is 36.0 Å². The fraction of sp³-hybridized carbons (Fsp3) is 0.0476. The van der Waals surface area contributed by atoms with Gasteiger partial charge >= 0.3 is 0 Å². The topological polar surface area (TPSA) is 36.1 Å². The van der Waals surface area contributed by atoms with Crippen LogP contribution in [0.4, 0.5) is 10.1 Å². The Morgan fingerprint density at radius 3 is 2.44 bits per heavy atom. The summed E-state index contributed by atoms with van der Waals surface area (Å²) in [4.78, 5) is 0.183. The number of thiocarbonyl (C=S) groups is 1. The van der Waals surface area contributed by atoms with Crippen LogP contribution in [0.5, 0.6) is 0 Å². The lowest BCUT2D eigenvalue weighted by atomic mass is 10.1. The Hall–Kier alpha value is -2.76. The van der Waals surface area contributed by atoms with Gasteiger partial charge in [0.1, 0.15) is 5.82 Å². The maximum absolute atomic E-state index is 14.0. The highest BCUT2D eigenvalue weighted by Crippen LogP contribution is 2.21. The summed E-state index contributed by atoms with van der Waals surface area (Å²) in [7, 11) is 0. The van der Waals surface area contributed by atoms with E-state index in [0.29, 0.717) is 16.3 Å². The number of rotatable bonds is 4. The van der Waals surface area contributed by atoms with Gasteiger partial charge in [-0.05, 0) is 49.4 Å². The number of halogens is 2. The molecule has 136 valence electrons. The second-order valence-corrected chi connectivity index (χ2v) is 6.77. The molecule has 0 radical (unpaired) electrons. The Balaban J connectivity index is 2.10. The fourth-order valence-corrected chi connectivity index (χ4v) is 3.01. The number of aliphatic hydroxyl groups excluding tert-OH is 1. The van der Waals surface area contributed by atoms with E-state index >= 15 is 0 Å². The molecule has 0 saturated carbocycles. The highest BCUT2D eigenvalue weighted by molar-refractivity contribution is 7.81. The summed E-state index contributed by atoms with van der Waals surface area (Å²) in [6.45, 7) is 1.93.